The third-order valence-electron chi connectivity index (χ3n) is 4.33. The molecule has 25 heavy (non-hydrogen) atoms. The van der Waals surface area contributed by atoms with Crippen molar-refractivity contribution in [3.8, 4) is 0 Å². The molecule has 0 fully saturated rings. The van der Waals surface area contributed by atoms with Crippen LogP contribution in [-0.4, -0.2) is 34.7 Å². The molecule has 0 radical (unpaired) electrons. The van der Waals surface area contributed by atoms with Gasteiger partial charge >= 0.3 is 0 Å². The summed E-state index contributed by atoms with van der Waals surface area (Å²) in [5.74, 6) is 0.759. The van der Waals surface area contributed by atoms with E-state index in [2.05, 4.69) is 10.3 Å². The fraction of sp³-hybridized carbons (Fsp3) is 0.500. The quantitative estimate of drug-likeness (QED) is 0.825. The zero-order valence-electron chi connectivity index (χ0n) is 14.4. The summed E-state index contributed by atoms with van der Waals surface area (Å²) in [6.45, 7) is 5.60. The highest BCUT2D eigenvalue weighted by Gasteiger charge is 2.32. The van der Waals surface area contributed by atoms with Gasteiger partial charge in [-0.25, -0.2) is 13.4 Å². The highest BCUT2D eigenvalue weighted by molar-refractivity contribution is 7.91. The molecule has 1 amide bonds. The molecule has 0 saturated carbocycles. The van der Waals surface area contributed by atoms with Gasteiger partial charge in [-0.15, -0.1) is 11.3 Å². The van der Waals surface area contributed by atoms with Crippen molar-refractivity contribution in [3.63, 3.8) is 0 Å². The number of hydrogen-bond acceptors (Lipinski definition) is 5. The molecule has 7 nitrogen and oxygen atoms in total. The molecule has 0 saturated heterocycles. The molecule has 3 heterocycles. The Kier molecular flexibility index (Phi) is 5.26. The lowest BCUT2D eigenvalue weighted by Crippen LogP contribution is -2.36. The number of nitrogens with one attached hydrogen (secondary N) is 1. The number of aromatic nitrogens is 2. The summed E-state index contributed by atoms with van der Waals surface area (Å²) >= 11 is 1.23. The Bertz CT molecular complexity index is 856. The molecule has 0 unspecified atom stereocenters. The SMILES string of the molecule is CCC(=O)NCc1nc2c(n1CC)CN(S(=O)(=O)c1cccs1)CC2. The number of carbonyl (C=O) groups excluding carboxylic acids is 1. The van der Waals surface area contributed by atoms with Crippen molar-refractivity contribution in [1.29, 1.82) is 0 Å². The first kappa shape index (κ1) is 18.1. The number of fused-ring (bicyclic) bond motifs is 1. The Labute approximate surface area is 151 Å². The highest BCUT2D eigenvalue weighted by atomic mass is 32.2. The zero-order valence-corrected chi connectivity index (χ0v) is 16.0. The molecule has 2 aromatic heterocycles. The van der Waals surface area contributed by atoms with E-state index in [1.165, 1.54) is 15.6 Å². The molecule has 2 aromatic rings. The van der Waals surface area contributed by atoms with Crippen LogP contribution in [0.5, 0.6) is 0 Å². The molecule has 1 N–H and O–H groups in total. The number of nitrogens with zero attached hydrogens (tertiary/aromatic N) is 3. The predicted octanol–water partition coefficient (Wildman–Crippen LogP) is 1.74. The van der Waals surface area contributed by atoms with Gasteiger partial charge in [-0.05, 0) is 18.4 Å². The Balaban J connectivity index is 1.85. The average molecular weight is 383 g/mol. The Morgan fingerprint density at radius 2 is 2.20 bits per heavy atom. The molecule has 9 heteroatoms. The second-order valence-electron chi connectivity index (χ2n) is 5.82. The maximum absolute atomic E-state index is 12.8. The first-order valence-corrected chi connectivity index (χ1v) is 10.7. The van der Waals surface area contributed by atoms with Crippen LogP contribution < -0.4 is 5.32 Å². The second-order valence-corrected chi connectivity index (χ2v) is 8.93. The molecule has 0 atom stereocenters. The van der Waals surface area contributed by atoms with Crippen LogP contribution in [0.15, 0.2) is 21.7 Å². The maximum Gasteiger partial charge on any atom is 0.252 e. The van der Waals surface area contributed by atoms with Gasteiger partial charge < -0.3 is 9.88 Å². The van der Waals surface area contributed by atoms with Crippen LogP contribution in [0.3, 0.4) is 0 Å². The maximum atomic E-state index is 12.8. The van der Waals surface area contributed by atoms with Gasteiger partial charge in [-0.3, -0.25) is 4.79 Å². The molecule has 3 rings (SSSR count). The van der Waals surface area contributed by atoms with E-state index in [1.54, 1.807) is 24.4 Å². The van der Waals surface area contributed by atoms with Crippen LogP contribution in [-0.2, 0) is 40.9 Å². The zero-order chi connectivity index (χ0) is 18.0. The van der Waals surface area contributed by atoms with Crippen LogP contribution >= 0.6 is 11.3 Å². The smallest absolute Gasteiger partial charge is 0.252 e. The Morgan fingerprint density at radius 1 is 1.40 bits per heavy atom. The summed E-state index contributed by atoms with van der Waals surface area (Å²) in [7, 11) is -3.47. The molecular weight excluding hydrogens is 360 g/mol. The minimum atomic E-state index is -3.47. The van der Waals surface area contributed by atoms with Gasteiger partial charge in [0.2, 0.25) is 5.91 Å². The number of carbonyl (C=O) groups is 1. The molecule has 0 bridgehead atoms. The third-order valence-corrected chi connectivity index (χ3v) is 7.55. The van der Waals surface area contributed by atoms with Gasteiger partial charge in [0.15, 0.2) is 0 Å². The van der Waals surface area contributed by atoms with Crippen LogP contribution in [0.4, 0.5) is 0 Å². The number of rotatable bonds is 6. The van der Waals surface area contributed by atoms with Gasteiger partial charge in [-0.2, -0.15) is 4.31 Å². The minimum absolute atomic E-state index is 0.0227. The monoisotopic (exact) mass is 382 g/mol. The van der Waals surface area contributed by atoms with Gasteiger partial charge in [0, 0.05) is 25.9 Å². The van der Waals surface area contributed by atoms with E-state index in [-0.39, 0.29) is 5.91 Å². The Hall–Kier alpha value is -1.71. The van der Waals surface area contributed by atoms with E-state index >= 15 is 0 Å². The summed E-state index contributed by atoms with van der Waals surface area (Å²) in [6.07, 6.45) is 1.01. The predicted molar refractivity (Wildman–Crippen MR) is 95.7 cm³/mol. The normalized spacial score (nSPS) is 15.1. The number of amides is 1. The van der Waals surface area contributed by atoms with Crippen LogP contribution in [0.2, 0.25) is 0 Å². The van der Waals surface area contributed by atoms with E-state index < -0.39 is 10.0 Å². The molecular formula is C16H22N4O3S2. The topological polar surface area (TPSA) is 84.3 Å². The van der Waals surface area contributed by atoms with Gasteiger partial charge in [0.25, 0.3) is 10.0 Å². The molecule has 1 aliphatic rings. The summed E-state index contributed by atoms with van der Waals surface area (Å²) in [6, 6.07) is 3.39. The number of hydrogen-bond donors (Lipinski definition) is 1. The Morgan fingerprint density at radius 3 is 2.84 bits per heavy atom. The lowest BCUT2D eigenvalue weighted by molar-refractivity contribution is -0.120. The van der Waals surface area contributed by atoms with Crippen molar-refractivity contribution >= 4 is 27.3 Å². The summed E-state index contributed by atoms with van der Waals surface area (Å²) in [5.41, 5.74) is 1.86. The van der Waals surface area contributed by atoms with Crippen molar-refractivity contribution in [2.24, 2.45) is 0 Å². The van der Waals surface area contributed by atoms with E-state index in [0.717, 1.165) is 17.2 Å². The molecule has 0 aliphatic carbocycles. The number of thiophene rings is 1. The van der Waals surface area contributed by atoms with E-state index in [9.17, 15) is 13.2 Å². The summed E-state index contributed by atoms with van der Waals surface area (Å²) < 4.78 is 29.4. The van der Waals surface area contributed by atoms with Crippen molar-refractivity contribution in [3.05, 3.63) is 34.7 Å². The highest BCUT2D eigenvalue weighted by Crippen LogP contribution is 2.27. The van der Waals surface area contributed by atoms with Crippen molar-refractivity contribution in [1.82, 2.24) is 19.2 Å². The molecule has 136 valence electrons. The van der Waals surface area contributed by atoms with E-state index in [4.69, 9.17) is 0 Å². The van der Waals surface area contributed by atoms with Crippen LogP contribution in [0.25, 0.3) is 0 Å². The van der Waals surface area contributed by atoms with E-state index in [1.807, 2.05) is 11.5 Å². The van der Waals surface area contributed by atoms with E-state index in [0.29, 0.717) is 43.2 Å². The van der Waals surface area contributed by atoms with Crippen LogP contribution in [0.1, 0.15) is 37.5 Å². The fourth-order valence-corrected chi connectivity index (χ4v) is 5.55. The van der Waals surface area contributed by atoms with Gasteiger partial charge in [0.05, 0.1) is 24.5 Å². The summed E-state index contributed by atoms with van der Waals surface area (Å²) in [4.78, 5) is 16.1. The van der Waals surface area contributed by atoms with Crippen molar-refractivity contribution < 1.29 is 13.2 Å². The third kappa shape index (κ3) is 3.49. The number of sulfonamides is 1. The summed E-state index contributed by atoms with van der Waals surface area (Å²) in [5, 5.41) is 4.61. The van der Waals surface area contributed by atoms with Crippen LogP contribution in [0, 0.1) is 0 Å². The molecule has 0 aromatic carbocycles. The molecule has 0 spiro atoms. The first-order chi connectivity index (χ1) is 12.0. The molecule has 1 aliphatic heterocycles. The second kappa shape index (κ2) is 7.27. The van der Waals surface area contributed by atoms with Crippen molar-refractivity contribution in [2.45, 2.75) is 50.5 Å². The standard InChI is InChI=1S/C16H22N4O3S2/c1-3-15(21)17-10-14-18-12-7-8-19(11-13(12)20(14)4-2)25(22,23)16-6-5-9-24-16/h5-6,9H,3-4,7-8,10-11H2,1-2H3,(H,17,21). The lowest BCUT2D eigenvalue weighted by Gasteiger charge is -2.26. The van der Waals surface area contributed by atoms with Gasteiger partial charge in [0.1, 0.15) is 10.0 Å². The minimum Gasteiger partial charge on any atom is -0.349 e. The number of imidazole rings is 1. The van der Waals surface area contributed by atoms with Gasteiger partial charge in [-0.1, -0.05) is 13.0 Å². The first-order valence-electron chi connectivity index (χ1n) is 8.34. The largest absolute Gasteiger partial charge is 0.349 e. The lowest BCUT2D eigenvalue weighted by atomic mass is 10.2. The average Bonchev–Trinajstić information content (AvgIpc) is 3.26. The van der Waals surface area contributed by atoms with Crippen molar-refractivity contribution in [2.75, 3.05) is 6.54 Å². The fourth-order valence-electron chi connectivity index (χ4n) is 3.00.